The first-order valence-corrected chi connectivity index (χ1v) is 10.2. The largest absolute Gasteiger partial charge is 0.390 e. The molecule has 1 aliphatic heterocycles. The Hall–Kier alpha value is -1.69. The molecule has 0 saturated carbocycles. The van der Waals surface area contributed by atoms with Crippen molar-refractivity contribution >= 4 is 0 Å². The molecule has 2 aliphatic rings. The topological polar surface area (TPSA) is 44.5 Å². The van der Waals surface area contributed by atoms with Crippen LogP contribution in [-0.4, -0.2) is 58.0 Å². The zero-order valence-electron chi connectivity index (χ0n) is 17.0. The van der Waals surface area contributed by atoms with E-state index >= 15 is 0 Å². The summed E-state index contributed by atoms with van der Waals surface area (Å²) >= 11 is 0. The summed E-state index contributed by atoms with van der Waals surface area (Å²) in [7, 11) is 4.15. The Morgan fingerprint density at radius 3 is 2.56 bits per heavy atom. The minimum absolute atomic E-state index is 0.0952. The molecule has 2 atom stereocenters. The van der Waals surface area contributed by atoms with Gasteiger partial charge in [-0.3, -0.25) is 9.58 Å². The van der Waals surface area contributed by atoms with Crippen LogP contribution in [0.2, 0.25) is 0 Å². The van der Waals surface area contributed by atoms with E-state index in [1.54, 1.807) is 0 Å². The number of nitrogens with zero attached hydrogens (tertiary/aromatic N) is 4. The number of hydrogen-bond donors (Lipinski definition) is 1. The van der Waals surface area contributed by atoms with Gasteiger partial charge < -0.3 is 10.0 Å². The van der Waals surface area contributed by atoms with Gasteiger partial charge in [-0.2, -0.15) is 5.10 Å². The molecule has 1 fully saturated rings. The second kappa shape index (κ2) is 7.04. The van der Waals surface area contributed by atoms with Crippen molar-refractivity contribution < 1.29 is 5.11 Å². The van der Waals surface area contributed by atoms with Crippen molar-refractivity contribution in [1.82, 2.24) is 19.6 Å². The van der Waals surface area contributed by atoms with Crippen LogP contribution in [0.15, 0.2) is 30.5 Å². The van der Waals surface area contributed by atoms with Gasteiger partial charge in [0.25, 0.3) is 0 Å². The lowest BCUT2D eigenvalue weighted by Gasteiger charge is -2.43. The van der Waals surface area contributed by atoms with Gasteiger partial charge >= 0.3 is 0 Å². The quantitative estimate of drug-likeness (QED) is 0.901. The van der Waals surface area contributed by atoms with E-state index in [2.05, 4.69) is 71.8 Å². The van der Waals surface area contributed by atoms with Crippen molar-refractivity contribution in [3.05, 3.63) is 52.8 Å². The van der Waals surface area contributed by atoms with E-state index in [-0.39, 0.29) is 17.6 Å². The molecule has 1 saturated heterocycles. The maximum Gasteiger partial charge on any atom is 0.0834 e. The fourth-order valence-corrected chi connectivity index (χ4v) is 5.28. The first kappa shape index (κ1) is 18.7. The van der Waals surface area contributed by atoms with Crippen molar-refractivity contribution in [2.45, 2.75) is 57.3 Å². The summed E-state index contributed by atoms with van der Waals surface area (Å²) in [5.74, 6) is 0. The van der Waals surface area contributed by atoms with Crippen molar-refractivity contribution in [3.8, 4) is 0 Å². The van der Waals surface area contributed by atoms with Crippen molar-refractivity contribution in [2.75, 3.05) is 27.2 Å². The molecule has 1 aromatic carbocycles. The average Bonchev–Trinajstić information content (AvgIpc) is 3.13. The maximum atomic E-state index is 11.3. The molecule has 27 heavy (non-hydrogen) atoms. The van der Waals surface area contributed by atoms with Gasteiger partial charge in [0.15, 0.2) is 0 Å². The number of aliphatic hydroxyl groups is 1. The Morgan fingerprint density at radius 2 is 1.93 bits per heavy atom. The lowest BCUT2D eigenvalue weighted by atomic mass is 9.72. The van der Waals surface area contributed by atoms with Crippen molar-refractivity contribution in [1.29, 1.82) is 0 Å². The van der Waals surface area contributed by atoms with Crippen molar-refractivity contribution in [3.63, 3.8) is 0 Å². The first-order chi connectivity index (χ1) is 13.0. The standard InChI is InChI=1S/C22H32N4O/c1-5-26-16(2)17(14-23-26)15-25-12-10-22(11-13-25)19-9-7-6-8-18(19)20(21(22)27)24(3)4/h6-9,14,20-21,27H,5,10-13,15H2,1-4H3/t20-,21+/m1/s1. The molecule has 4 rings (SSSR count). The Labute approximate surface area is 162 Å². The number of hydrogen-bond acceptors (Lipinski definition) is 4. The summed E-state index contributed by atoms with van der Waals surface area (Å²) < 4.78 is 2.07. The Bertz CT molecular complexity index is 804. The number of likely N-dealkylation sites (tertiary alicyclic amines) is 1. The van der Waals surface area contributed by atoms with E-state index in [9.17, 15) is 5.11 Å². The van der Waals surface area contributed by atoms with Crippen LogP contribution < -0.4 is 0 Å². The van der Waals surface area contributed by atoms with Crippen LogP contribution in [0.5, 0.6) is 0 Å². The molecular formula is C22H32N4O. The van der Waals surface area contributed by atoms with Crippen LogP contribution in [0.4, 0.5) is 0 Å². The number of piperidine rings is 1. The lowest BCUT2D eigenvalue weighted by molar-refractivity contribution is -0.00395. The molecule has 0 unspecified atom stereocenters. The smallest absolute Gasteiger partial charge is 0.0834 e. The third kappa shape index (κ3) is 2.93. The lowest BCUT2D eigenvalue weighted by Crippen LogP contribution is -2.49. The highest BCUT2D eigenvalue weighted by Crippen LogP contribution is 2.52. The van der Waals surface area contributed by atoms with Gasteiger partial charge in [-0.25, -0.2) is 0 Å². The fourth-order valence-electron chi connectivity index (χ4n) is 5.28. The number of fused-ring (bicyclic) bond motifs is 2. The first-order valence-electron chi connectivity index (χ1n) is 10.2. The third-order valence-electron chi connectivity index (χ3n) is 6.88. The summed E-state index contributed by atoms with van der Waals surface area (Å²) in [4.78, 5) is 4.70. The van der Waals surface area contributed by atoms with Gasteiger partial charge in [0, 0.05) is 29.8 Å². The summed E-state index contributed by atoms with van der Waals surface area (Å²) in [5, 5.41) is 15.8. The van der Waals surface area contributed by atoms with Gasteiger partial charge in [-0.15, -0.1) is 0 Å². The molecule has 0 bridgehead atoms. The minimum atomic E-state index is -0.336. The zero-order chi connectivity index (χ0) is 19.2. The van der Waals surface area contributed by atoms with Gasteiger partial charge in [0.05, 0.1) is 18.3 Å². The predicted molar refractivity (Wildman–Crippen MR) is 108 cm³/mol. The van der Waals surface area contributed by atoms with Gasteiger partial charge in [0.1, 0.15) is 0 Å². The molecule has 0 amide bonds. The summed E-state index contributed by atoms with van der Waals surface area (Å²) in [6.07, 6.45) is 3.70. The molecule has 1 aliphatic carbocycles. The molecule has 146 valence electrons. The van der Waals surface area contributed by atoms with Gasteiger partial charge in [0.2, 0.25) is 0 Å². The Balaban J connectivity index is 1.53. The van der Waals surface area contributed by atoms with E-state index in [0.29, 0.717) is 0 Å². The van der Waals surface area contributed by atoms with Crippen LogP contribution >= 0.6 is 0 Å². The molecule has 1 aromatic heterocycles. The normalized spacial score (nSPS) is 24.7. The molecule has 5 nitrogen and oxygen atoms in total. The molecule has 2 heterocycles. The number of aromatic nitrogens is 2. The van der Waals surface area contributed by atoms with E-state index in [1.165, 1.54) is 22.4 Å². The van der Waals surface area contributed by atoms with Crippen LogP contribution in [0.25, 0.3) is 0 Å². The number of aliphatic hydroxyl groups excluding tert-OH is 1. The number of benzene rings is 1. The highest BCUT2D eigenvalue weighted by atomic mass is 16.3. The third-order valence-corrected chi connectivity index (χ3v) is 6.88. The molecule has 0 radical (unpaired) electrons. The summed E-state index contributed by atoms with van der Waals surface area (Å²) in [6, 6.07) is 8.77. The van der Waals surface area contributed by atoms with Crippen LogP contribution in [-0.2, 0) is 18.5 Å². The van der Waals surface area contributed by atoms with E-state index in [4.69, 9.17) is 0 Å². The predicted octanol–water partition coefficient (Wildman–Crippen LogP) is 2.72. The Morgan fingerprint density at radius 1 is 1.22 bits per heavy atom. The van der Waals surface area contributed by atoms with E-state index in [1.807, 2.05) is 6.20 Å². The van der Waals surface area contributed by atoms with Gasteiger partial charge in [-0.05, 0) is 65.0 Å². The molecule has 1 spiro atoms. The van der Waals surface area contributed by atoms with E-state index < -0.39 is 0 Å². The molecular weight excluding hydrogens is 336 g/mol. The molecule has 2 aromatic rings. The zero-order valence-corrected chi connectivity index (χ0v) is 17.0. The number of likely N-dealkylation sites (N-methyl/N-ethyl adjacent to an activating group) is 1. The summed E-state index contributed by atoms with van der Waals surface area (Å²) in [6.45, 7) is 8.20. The second-order valence-corrected chi connectivity index (χ2v) is 8.44. The number of aryl methyl sites for hydroxylation is 1. The summed E-state index contributed by atoms with van der Waals surface area (Å²) in [5.41, 5.74) is 5.17. The van der Waals surface area contributed by atoms with Gasteiger partial charge in [-0.1, -0.05) is 24.3 Å². The fraction of sp³-hybridized carbons (Fsp3) is 0.591. The van der Waals surface area contributed by atoms with E-state index in [0.717, 1.165) is 39.0 Å². The maximum absolute atomic E-state index is 11.3. The monoisotopic (exact) mass is 368 g/mol. The minimum Gasteiger partial charge on any atom is -0.390 e. The average molecular weight is 369 g/mol. The SMILES string of the molecule is CCn1ncc(CN2CCC3(CC2)c2ccccc2[C@@H](N(C)C)[C@@H]3O)c1C. The van der Waals surface area contributed by atoms with Crippen LogP contribution in [0, 0.1) is 6.92 Å². The van der Waals surface area contributed by atoms with Crippen molar-refractivity contribution in [2.24, 2.45) is 0 Å². The van der Waals surface area contributed by atoms with Crippen LogP contribution in [0.3, 0.4) is 0 Å². The highest BCUT2D eigenvalue weighted by Gasteiger charge is 2.53. The Kier molecular flexibility index (Phi) is 4.87. The molecule has 1 N–H and O–H groups in total. The second-order valence-electron chi connectivity index (χ2n) is 8.44. The molecule has 5 heteroatoms. The highest BCUT2D eigenvalue weighted by molar-refractivity contribution is 5.45. The number of rotatable bonds is 4. The van der Waals surface area contributed by atoms with Crippen LogP contribution in [0.1, 0.15) is 48.2 Å².